The zero-order valence-electron chi connectivity index (χ0n) is 9.53. The summed E-state index contributed by atoms with van der Waals surface area (Å²) < 4.78 is 0. The fourth-order valence-electron chi connectivity index (χ4n) is 1.46. The Morgan fingerprint density at radius 1 is 1.50 bits per heavy atom. The molecule has 0 aliphatic carbocycles. The molecule has 0 radical (unpaired) electrons. The maximum absolute atomic E-state index is 9.48. The second-order valence-electron chi connectivity index (χ2n) is 3.94. The summed E-state index contributed by atoms with van der Waals surface area (Å²) in [5, 5.41) is 10.4. The van der Waals surface area contributed by atoms with E-state index in [1.165, 1.54) is 5.56 Å². The molecule has 4 heteroatoms. The third-order valence-corrected chi connectivity index (χ3v) is 3.52. The largest absolute Gasteiger partial charge is 0.392 e. The van der Waals surface area contributed by atoms with Crippen molar-refractivity contribution >= 4 is 22.8 Å². The molecule has 0 fully saturated rings. The number of aryl methyl sites for hydroxylation is 1. The van der Waals surface area contributed by atoms with E-state index in [1.54, 1.807) is 11.8 Å². The highest BCUT2D eigenvalue weighted by molar-refractivity contribution is 7.99. The quantitative estimate of drug-likeness (QED) is 0.802. The molecule has 0 aliphatic heterocycles. The molecule has 1 aromatic carbocycles. The maximum Gasteiger partial charge on any atom is 0.166 e. The highest BCUT2D eigenvalue weighted by atomic mass is 32.2. The van der Waals surface area contributed by atoms with Gasteiger partial charge in [0.1, 0.15) is 0 Å². The molecule has 16 heavy (non-hydrogen) atoms. The van der Waals surface area contributed by atoms with Crippen molar-refractivity contribution in [1.82, 2.24) is 9.97 Å². The molecular formula is C12H16N2OS. The Hall–Kier alpha value is -1.00. The van der Waals surface area contributed by atoms with Gasteiger partial charge in [0.05, 0.1) is 17.1 Å². The predicted octanol–water partition coefficient (Wildman–Crippen LogP) is 2.73. The number of nitrogens with zero attached hydrogens (tertiary/aromatic N) is 1. The first kappa shape index (κ1) is 11.5. The van der Waals surface area contributed by atoms with Crippen LogP contribution in [0.4, 0.5) is 0 Å². The van der Waals surface area contributed by atoms with Crippen LogP contribution in [0.5, 0.6) is 0 Å². The second kappa shape index (κ2) is 4.89. The molecule has 2 N–H and O–H groups in total. The van der Waals surface area contributed by atoms with Crippen LogP contribution in [0, 0.1) is 6.92 Å². The number of fused-ring (bicyclic) bond motifs is 1. The first-order chi connectivity index (χ1) is 7.69. The first-order valence-electron chi connectivity index (χ1n) is 5.46. The molecule has 0 saturated carbocycles. The average molecular weight is 236 g/mol. The molecule has 1 unspecified atom stereocenters. The number of rotatable bonds is 4. The van der Waals surface area contributed by atoms with E-state index in [9.17, 15) is 5.11 Å². The SMILES string of the molecule is CCC(O)CSc1nc2ccc(C)cc2[nH]1. The van der Waals surface area contributed by atoms with Crippen LogP contribution < -0.4 is 0 Å². The Morgan fingerprint density at radius 3 is 3.06 bits per heavy atom. The Labute approximate surface area is 99.3 Å². The van der Waals surface area contributed by atoms with E-state index in [2.05, 4.69) is 29.0 Å². The highest BCUT2D eigenvalue weighted by Gasteiger charge is 2.06. The summed E-state index contributed by atoms with van der Waals surface area (Å²) in [6, 6.07) is 6.16. The number of hydrogen-bond donors (Lipinski definition) is 2. The van der Waals surface area contributed by atoms with Gasteiger partial charge in [0.2, 0.25) is 0 Å². The highest BCUT2D eigenvalue weighted by Crippen LogP contribution is 2.21. The number of aliphatic hydroxyl groups is 1. The van der Waals surface area contributed by atoms with Crippen LogP contribution in [-0.2, 0) is 0 Å². The third-order valence-electron chi connectivity index (χ3n) is 2.50. The van der Waals surface area contributed by atoms with E-state index in [0.717, 1.165) is 22.6 Å². The van der Waals surface area contributed by atoms with E-state index < -0.39 is 0 Å². The fraction of sp³-hybridized carbons (Fsp3) is 0.417. The number of hydrogen-bond acceptors (Lipinski definition) is 3. The van der Waals surface area contributed by atoms with E-state index in [4.69, 9.17) is 0 Å². The fourth-order valence-corrected chi connectivity index (χ4v) is 2.39. The molecule has 0 saturated heterocycles. The van der Waals surface area contributed by atoms with Gasteiger partial charge in [0.25, 0.3) is 0 Å². The first-order valence-corrected chi connectivity index (χ1v) is 6.45. The number of nitrogens with one attached hydrogen (secondary N) is 1. The van der Waals surface area contributed by atoms with Crippen LogP contribution in [0.1, 0.15) is 18.9 Å². The second-order valence-corrected chi connectivity index (χ2v) is 4.94. The Morgan fingerprint density at radius 2 is 2.31 bits per heavy atom. The molecule has 1 aromatic heterocycles. The lowest BCUT2D eigenvalue weighted by molar-refractivity contribution is 0.195. The molecule has 86 valence electrons. The van der Waals surface area contributed by atoms with E-state index >= 15 is 0 Å². The van der Waals surface area contributed by atoms with Gasteiger partial charge in [-0.3, -0.25) is 0 Å². The number of imidazole rings is 1. The van der Waals surface area contributed by atoms with Crippen molar-refractivity contribution in [3.8, 4) is 0 Å². The van der Waals surface area contributed by atoms with Crippen molar-refractivity contribution in [2.45, 2.75) is 31.5 Å². The van der Waals surface area contributed by atoms with Crippen LogP contribution in [-0.4, -0.2) is 26.9 Å². The summed E-state index contributed by atoms with van der Waals surface area (Å²) in [5.41, 5.74) is 3.27. The summed E-state index contributed by atoms with van der Waals surface area (Å²) in [6.45, 7) is 4.04. The van der Waals surface area contributed by atoms with Crippen molar-refractivity contribution in [3.63, 3.8) is 0 Å². The van der Waals surface area contributed by atoms with Crippen molar-refractivity contribution in [2.24, 2.45) is 0 Å². The van der Waals surface area contributed by atoms with E-state index in [-0.39, 0.29) is 6.10 Å². The topological polar surface area (TPSA) is 48.9 Å². The van der Waals surface area contributed by atoms with Gasteiger partial charge in [-0.2, -0.15) is 0 Å². The molecule has 1 atom stereocenters. The summed E-state index contributed by atoms with van der Waals surface area (Å²) in [5.74, 6) is 0.690. The summed E-state index contributed by atoms with van der Waals surface area (Å²) in [6.07, 6.45) is 0.534. The smallest absolute Gasteiger partial charge is 0.166 e. The zero-order chi connectivity index (χ0) is 11.5. The van der Waals surface area contributed by atoms with Gasteiger partial charge < -0.3 is 10.1 Å². The third kappa shape index (κ3) is 2.57. The van der Waals surface area contributed by atoms with Crippen LogP contribution in [0.2, 0.25) is 0 Å². The van der Waals surface area contributed by atoms with Crippen molar-refractivity contribution in [2.75, 3.05) is 5.75 Å². The number of H-pyrrole nitrogens is 1. The number of aromatic amines is 1. The van der Waals surface area contributed by atoms with Crippen LogP contribution in [0.3, 0.4) is 0 Å². The molecule has 1 heterocycles. The molecule has 2 rings (SSSR count). The average Bonchev–Trinajstić information content (AvgIpc) is 2.67. The van der Waals surface area contributed by atoms with Gasteiger partial charge in [0, 0.05) is 5.75 Å². The zero-order valence-corrected chi connectivity index (χ0v) is 10.3. The predicted molar refractivity (Wildman–Crippen MR) is 67.9 cm³/mol. The van der Waals surface area contributed by atoms with Crippen molar-refractivity contribution in [1.29, 1.82) is 0 Å². The number of aliphatic hydroxyl groups excluding tert-OH is 1. The maximum atomic E-state index is 9.48. The van der Waals surface area contributed by atoms with Gasteiger partial charge in [0.15, 0.2) is 5.16 Å². The monoisotopic (exact) mass is 236 g/mol. The summed E-state index contributed by atoms with van der Waals surface area (Å²) in [4.78, 5) is 7.71. The van der Waals surface area contributed by atoms with Gasteiger partial charge in [-0.05, 0) is 31.0 Å². The van der Waals surface area contributed by atoms with E-state index in [0.29, 0.717) is 5.75 Å². The van der Waals surface area contributed by atoms with Gasteiger partial charge in [-0.25, -0.2) is 4.98 Å². The minimum absolute atomic E-state index is 0.250. The molecule has 0 spiro atoms. The Bertz CT molecular complexity index is 481. The number of benzene rings is 1. The lowest BCUT2D eigenvalue weighted by atomic mass is 10.2. The number of aromatic nitrogens is 2. The molecule has 2 aromatic rings. The minimum atomic E-state index is -0.250. The van der Waals surface area contributed by atoms with Crippen LogP contribution in [0.15, 0.2) is 23.4 Å². The molecular weight excluding hydrogens is 220 g/mol. The lowest BCUT2D eigenvalue weighted by Crippen LogP contribution is -2.07. The van der Waals surface area contributed by atoms with Crippen LogP contribution >= 0.6 is 11.8 Å². The number of thioether (sulfide) groups is 1. The molecule has 0 bridgehead atoms. The van der Waals surface area contributed by atoms with Crippen LogP contribution in [0.25, 0.3) is 11.0 Å². The van der Waals surface area contributed by atoms with E-state index in [1.807, 2.05) is 13.0 Å². The van der Waals surface area contributed by atoms with Gasteiger partial charge >= 0.3 is 0 Å². The minimum Gasteiger partial charge on any atom is -0.392 e. The van der Waals surface area contributed by atoms with Crippen molar-refractivity contribution < 1.29 is 5.11 Å². The molecule has 0 aliphatic rings. The molecule has 0 amide bonds. The van der Waals surface area contributed by atoms with Gasteiger partial charge in [-0.1, -0.05) is 24.8 Å². The lowest BCUT2D eigenvalue weighted by Gasteiger charge is -2.03. The Balaban J connectivity index is 2.13. The Kier molecular flexibility index (Phi) is 3.51. The van der Waals surface area contributed by atoms with Gasteiger partial charge in [-0.15, -0.1) is 0 Å². The normalized spacial score (nSPS) is 13.2. The standard InChI is InChI=1S/C12H16N2OS/c1-3-9(15)7-16-12-13-10-5-4-8(2)6-11(10)14-12/h4-6,9,15H,3,7H2,1-2H3,(H,13,14). The summed E-state index contributed by atoms with van der Waals surface area (Å²) in [7, 11) is 0. The summed E-state index contributed by atoms with van der Waals surface area (Å²) >= 11 is 1.57. The molecule has 3 nitrogen and oxygen atoms in total. The van der Waals surface area contributed by atoms with Crippen molar-refractivity contribution in [3.05, 3.63) is 23.8 Å².